The van der Waals surface area contributed by atoms with Crippen LogP contribution in [-0.2, 0) is 16.0 Å². The molecule has 6 heteroatoms. The molecular formula is C12H18N2O4. The zero-order valence-electron chi connectivity index (χ0n) is 10.9. The van der Waals surface area contributed by atoms with Crippen molar-refractivity contribution in [2.75, 3.05) is 13.2 Å². The number of imidazole rings is 1. The van der Waals surface area contributed by atoms with Gasteiger partial charge in [0.1, 0.15) is 0 Å². The van der Waals surface area contributed by atoms with Crippen molar-refractivity contribution in [3.8, 4) is 0 Å². The lowest BCUT2D eigenvalue weighted by Crippen LogP contribution is -2.17. The van der Waals surface area contributed by atoms with Gasteiger partial charge in [0.2, 0.25) is 0 Å². The molecule has 0 aliphatic heterocycles. The Morgan fingerprint density at radius 2 is 1.78 bits per heavy atom. The third-order valence-electron chi connectivity index (χ3n) is 2.24. The summed E-state index contributed by atoms with van der Waals surface area (Å²) in [5, 5.41) is 0. The molecule has 0 aliphatic carbocycles. The average molecular weight is 254 g/mol. The Labute approximate surface area is 106 Å². The molecule has 0 fully saturated rings. The van der Waals surface area contributed by atoms with E-state index in [9.17, 15) is 9.59 Å². The number of nitrogens with zero attached hydrogens (tertiary/aromatic N) is 2. The fourth-order valence-corrected chi connectivity index (χ4v) is 1.55. The second-order valence-electron chi connectivity index (χ2n) is 3.58. The molecule has 1 aromatic rings. The summed E-state index contributed by atoms with van der Waals surface area (Å²) in [7, 11) is 0. The molecule has 0 spiro atoms. The first-order chi connectivity index (χ1) is 8.65. The van der Waals surface area contributed by atoms with E-state index >= 15 is 0 Å². The maximum absolute atomic E-state index is 11.8. The van der Waals surface area contributed by atoms with Crippen LogP contribution in [0.25, 0.3) is 0 Å². The molecule has 18 heavy (non-hydrogen) atoms. The molecule has 0 aliphatic rings. The van der Waals surface area contributed by atoms with Crippen molar-refractivity contribution in [3.05, 3.63) is 17.7 Å². The van der Waals surface area contributed by atoms with Crippen LogP contribution in [0.1, 0.15) is 48.2 Å². The van der Waals surface area contributed by atoms with Crippen molar-refractivity contribution >= 4 is 11.9 Å². The van der Waals surface area contributed by atoms with Crippen molar-refractivity contribution in [3.63, 3.8) is 0 Å². The van der Waals surface area contributed by atoms with Crippen LogP contribution in [0.2, 0.25) is 0 Å². The van der Waals surface area contributed by atoms with E-state index in [0.717, 1.165) is 6.42 Å². The van der Waals surface area contributed by atoms with Crippen LogP contribution in [0.4, 0.5) is 0 Å². The van der Waals surface area contributed by atoms with Gasteiger partial charge in [0.25, 0.3) is 0 Å². The van der Waals surface area contributed by atoms with E-state index in [0.29, 0.717) is 6.54 Å². The van der Waals surface area contributed by atoms with Gasteiger partial charge in [0, 0.05) is 6.54 Å². The molecule has 0 saturated carbocycles. The highest BCUT2D eigenvalue weighted by molar-refractivity contribution is 6.00. The van der Waals surface area contributed by atoms with Crippen molar-refractivity contribution in [1.29, 1.82) is 0 Å². The zero-order valence-corrected chi connectivity index (χ0v) is 10.9. The predicted octanol–water partition coefficient (Wildman–Crippen LogP) is 1.65. The number of ether oxygens (including phenoxy) is 2. The maximum atomic E-state index is 11.8. The van der Waals surface area contributed by atoms with Gasteiger partial charge in [-0.2, -0.15) is 0 Å². The fourth-order valence-electron chi connectivity index (χ4n) is 1.55. The number of hydrogen-bond acceptors (Lipinski definition) is 5. The molecule has 0 amide bonds. The van der Waals surface area contributed by atoms with Crippen LogP contribution in [-0.4, -0.2) is 34.7 Å². The first-order valence-electron chi connectivity index (χ1n) is 6.05. The topological polar surface area (TPSA) is 70.4 Å². The average Bonchev–Trinajstić information content (AvgIpc) is 2.74. The van der Waals surface area contributed by atoms with Crippen LogP contribution in [0.15, 0.2) is 6.33 Å². The van der Waals surface area contributed by atoms with Crippen LogP contribution < -0.4 is 0 Å². The van der Waals surface area contributed by atoms with E-state index in [1.807, 2.05) is 6.92 Å². The number of carbonyl (C=O) groups is 2. The van der Waals surface area contributed by atoms with Gasteiger partial charge < -0.3 is 14.0 Å². The Hall–Kier alpha value is -1.85. The summed E-state index contributed by atoms with van der Waals surface area (Å²) in [5.41, 5.74) is 0.181. The summed E-state index contributed by atoms with van der Waals surface area (Å²) < 4.78 is 11.4. The highest BCUT2D eigenvalue weighted by atomic mass is 16.5. The summed E-state index contributed by atoms with van der Waals surface area (Å²) in [6.07, 6.45) is 2.28. The lowest BCUT2D eigenvalue weighted by molar-refractivity contribution is 0.0467. The van der Waals surface area contributed by atoms with Gasteiger partial charge >= 0.3 is 11.9 Å². The lowest BCUT2D eigenvalue weighted by Gasteiger charge is -2.07. The lowest BCUT2D eigenvalue weighted by atomic mass is 10.3. The number of hydrogen-bond donors (Lipinski definition) is 0. The third kappa shape index (κ3) is 3.09. The first kappa shape index (κ1) is 14.2. The predicted molar refractivity (Wildman–Crippen MR) is 64.4 cm³/mol. The number of aromatic nitrogens is 2. The highest BCUT2D eigenvalue weighted by Crippen LogP contribution is 2.12. The fraction of sp³-hybridized carbons (Fsp3) is 0.583. The van der Waals surface area contributed by atoms with Crippen LogP contribution in [0.3, 0.4) is 0 Å². The van der Waals surface area contributed by atoms with Crippen molar-refractivity contribution in [1.82, 2.24) is 9.55 Å². The normalized spacial score (nSPS) is 10.2. The van der Waals surface area contributed by atoms with Crippen molar-refractivity contribution in [2.24, 2.45) is 0 Å². The molecule has 0 saturated heterocycles. The van der Waals surface area contributed by atoms with Crippen LogP contribution in [0, 0.1) is 0 Å². The zero-order chi connectivity index (χ0) is 13.5. The molecule has 1 aromatic heterocycles. The Balaban J connectivity index is 3.10. The largest absolute Gasteiger partial charge is 0.461 e. The van der Waals surface area contributed by atoms with Gasteiger partial charge in [-0.3, -0.25) is 0 Å². The SMILES string of the molecule is CCCn1cnc(C(=O)OCC)c1C(=O)OCC. The summed E-state index contributed by atoms with van der Waals surface area (Å²) in [6.45, 7) is 6.47. The second-order valence-corrected chi connectivity index (χ2v) is 3.58. The van der Waals surface area contributed by atoms with Crippen LogP contribution >= 0.6 is 0 Å². The Morgan fingerprint density at radius 1 is 1.17 bits per heavy atom. The summed E-state index contributed by atoms with van der Waals surface area (Å²) >= 11 is 0. The van der Waals surface area contributed by atoms with E-state index in [-0.39, 0.29) is 24.6 Å². The van der Waals surface area contributed by atoms with Gasteiger partial charge in [-0.05, 0) is 20.3 Å². The van der Waals surface area contributed by atoms with E-state index in [4.69, 9.17) is 9.47 Å². The van der Waals surface area contributed by atoms with Gasteiger partial charge in [0.15, 0.2) is 11.4 Å². The maximum Gasteiger partial charge on any atom is 0.359 e. The first-order valence-corrected chi connectivity index (χ1v) is 6.05. The monoisotopic (exact) mass is 254 g/mol. The standard InChI is InChI=1S/C12H18N2O4/c1-4-7-14-8-13-9(11(15)17-5-2)10(14)12(16)18-6-3/h8H,4-7H2,1-3H3. The van der Waals surface area contributed by atoms with E-state index in [2.05, 4.69) is 4.98 Å². The molecule has 6 nitrogen and oxygen atoms in total. The summed E-state index contributed by atoms with van der Waals surface area (Å²) in [6, 6.07) is 0. The summed E-state index contributed by atoms with van der Waals surface area (Å²) in [4.78, 5) is 27.5. The number of carbonyl (C=O) groups excluding carboxylic acids is 2. The van der Waals surface area contributed by atoms with E-state index in [1.165, 1.54) is 6.33 Å². The molecule has 0 N–H and O–H groups in total. The van der Waals surface area contributed by atoms with E-state index < -0.39 is 11.9 Å². The molecule has 0 unspecified atom stereocenters. The summed E-state index contributed by atoms with van der Waals surface area (Å²) in [5.74, 6) is -1.15. The van der Waals surface area contributed by atoms with Gasteiger partial charge in [0.05, 0.1) is 19.5 Å². The minimum atomic E-state index is -0.601. The molecule has 0 aromatic carbocycles. The second kappa shape index (κ2) is 6.78. The van der Waals surface area contributed by atoms with Gasteiger partial charge in [-0.1, -0.05) is 6.92 Å². The molecule has 100 valence electrons. The Kier molecular flexibility index (Phi) is 5.35. The van der Waals surface area contributed by atoms with E-state index in [1.54, 1.807) is 18.4 Å². The van der Waals surface area contributed by atoms with Crippen molar-refractivity contribution < 1.29 is 19.1 Å². The molecular weight excluding hydrogens is 236 g/mol. The minimum absolute atomic E-state index is 0.0174. The quantitative estimate of drug-likeness (QED) is 0.722. The number of rotatable bonds is 6. The van der Waals surface area contributed by atoms with Crippen LogP contribution in [0.5, 0.6) is 0 Å². The van der Waals surface area contributed by atoms with Crippen molar-refractivity contribution in [2.45, 2.75) is 33.7 Å². The molecule has 0 atom stereocenters. The molecule has 0 radical (unpaired) electrons. The molecule has 0 bridgehead atoms. The van der Waals surface area contributed by atoms with Gasteiger partial charge in [-0.25, -0.2) is 14.6 Å². The highest BCUT2D eigenvalue weighted by Gasteiger charge is 2.25. The Bertz CT molecular complexity index is 426. The minimum Gasteiger partial charge on any atom is -0.461 e. The molecule has 1 heterocycles. The van der Waals surface area contributed by atoms with Gasteiger partial charge in [-0.15, -0.1) is 0 Å². The molecule has 1 rings (SSSR count). The number of esters is 2. The number of aryl methyl sites for hydroxylation is 1. The third-order valence-corrected chi connectivity index (χ3v) is 2.24. The smallest absolute Gasteiger partial charge is 0.359 e. The Morgan fingerprint density at radius 3 is 2.33 bits per heavy atom.